The van der Waals surface area contributed by atoms with Gasteiger partial charge in [0.2, 0.25) is 0 Å². The first-order valence-corrected chi connectivity index (χ1v) is 6.77. The maximum Gasteiger partial charge on any atom is 0.326 e. The van der Waals surface area contributed by atoms with Gasteiger partial charge in [-0.15, -0.1) is 0 Å². The van der Waals surface area contributed by atoms with E-state index in [4.69, 9.17) is 14.6 Å². The van der Waals surface area contributed by atoms with Crippen LogP contribution in [0, 0.1) is 0 Å². The summed E-state index contributed by atoms with van der Waals surface area (Å²) in [5.74, 6) is -0.329. The minimum atomic E-state index is -1.00. The number of ether oxygens (including phenoxy) is 2. The van der Waals surface area contributed by atoms with Gasteiger partial charge in [0.25, 0.3) is 5.91 Å². The van der Waals surface area contributed by atoms with Gasteiger partial charge in [0, 0.05) is 11.6 Å². The largest absolute Gasteiger partial charge is 0.493 e. The fourth-order valence-corrected chi connectivity index (χ4v) is 2.25. The number of benzene rings is 1. The van der Waals surface area contributed by atoms with Gasteiger partial charge in [-0.05, 0) is 38.0 Å². The van der Waals surface area contributed by atoms with Crippen LogP contribution in [0.15, 0.2) is 18.2 Å². The van der Waals surface area contributed by atoms with Crippen molar-refractivity contribution in [2.45, 2.75) is 31.8 Å². The minimum absolute atomic E-state index is 0.0108. The summed E-state index contributed by atoms with van der Waals surface area (Å²) in [7, 11) is 3.01. The Hall–Kier alpha value is -2.24. The van der Waals surface area contributed by atoms with Gasteiger partial charge in [-0.1, -0.05) is 0 Å². The number of carboxylic acids is 1. The summed E-state index contributed by atoms with van der Waals surface area (Å²) in [5, 5.41) is 9.17. The second-order valence-electron chi connectivity index (χ2n) is 5.03. The van der Waals surface area contributed by atoms with Crippen molar-refractivity contribution in [3.05, 3.63) is 23.8 Å². The predicted molar refractivity (Wildman–Crippen MR) is 75.8 cm³/mol. The van der Waals surface area contributed by atoms with E-state index in [1.807, 2.05) is 0 Å². The first-order valence-electron chi connectivity index (χ1n) is 6.77. The Morgan fingerprint density at radius 3 is 2.33 bits per heavy atom. The van der Waals surface area contributed by atoms with Crippen LogP contribution in [0.4, 0.5) is 0 Å². The lowest BCUT2D eigenvalue weighted by atomic mass is 10.1. The van der Waals surface area contributed by atoms with Crippen molar-refractivity contribution < 1.29 is 24.2 Å². The third-order valence-electron chi connectivity index (χ3n) is 3.58. The summed E-state index contributed by atoms with van der Waals surface area (Å²) in [4.78, 5) is 25.2. The molecule has 0 aliphatic heterocycles. The molecule has 1 fully saturated rings. The van der Waals surface area contributed by atoms with E-state index in [1.165, 1.54) is 26.0 Å². The zero-order valence-corrected chi connectivity index (χ0v) is 12.3. The van der Waals surface area contributed by atoms with Gasteiger partial charge in [-0.3, -0.25) is 4.79 Å². The third-order valence-corrected chi connectivity index (χ3v) is 3.58. The number of methoxy groups -OCH3 is 2. The van der Waals surface area contributed by atoms with E-state index in [9.17, 15) is 9.59 Å². The molecule has 1 N–H and O–H groups in total. The molecule has 0 spiro atoms. The zero-order valence-electron chi connectivity index (χ0n) is 12.3. The molecule has 1 aromatic rings. The maximum atomic E-state index is 12.6. The van der Waals surface area contributed by atoms with Gasteiger partial charge in [0.15, 0.2) is 11.5 Å². The number of hydrogen-bond acceptors (Lipinski definition) is 4. The second kappa shape index (κ2) is 6.03. The van der Waals surface area contributed by atoms with Crippen LogP contribution >= 0.6 is 0 Å². The van der Waals surface area contributed by atoms with Crippen LogP contribution < -0.4 is 9.47 Å². The number of carbonyl (C=O) groups excluding carboxylic acids is 1. The fraction of sp³-hybridized carbons (Fsp3) is 0.467. The average molecular weight is 293 g/mol. The summed E-state index contributed by atoms with van der Waals surface area (Å²) in [6.45, 7) is 1.53. The van der Waals surface area contributed by atoms with E-state index < -0.39 is 12.0 Å². The molecular formula is C15H19NO5. The molecular weight excluding hydrogens is 274 g/mol. The molecule has 1 unspecified atom stereocenters. The summed E-state index contributed by atoms with van der Waals surface area (Å²) in [6.07, 6.45) is 1.69. The monoisotopic (exact) mass is 293 g/mol. The molecule has 1 atom stereocenters. The first-order chi connectivity index (χ1) is 9.99. The maximum absolute atomic E-state index is 12.6. The van der Waals surface area contributed by atoms with Crippen molar-refractivity contribution in [3.8, 4) is 11.5 Å². The normalized spacial score (nSPS) is 15.2. The number of hydrogen-bond donors (Lipinski definition) is 1. The molecule has 0 heterocycles. The third kappa shape index (κ3) is 3.09. The van der Waals surface area contributed by atoms with Gasteiger partial charge in [-0.2, -0.15) is 0 Å². The molecule has 1 aromatic carbocycles. The lowest BCUT2D eigenvalue weighted by Crippen LogP contribution is -2.44. The van der Waals surface area contributed by atoms with Crippen molar-refractivity contribution in [2.75, 3.05) is 14.2 Å². The smallest absolute Gasteiger partial charge is 0.326 e. The Morgan fingerprint density at radius 1 is 1.24 bits per heavy atom. The van der Waals surface area contributed by atoms with E-state index in [1.54, 1.807) is 18.2 Å². The topological polar surface area (TPSA) is 76.1 Å². The number of carboxylic acid groups (broad SMARTS) is 1. The van der Waals surface area contributed by atoms with E-state index >= 15 is 0 Å². The van der Waals surface area contributed by atoms with Crippen LogP contribution in [0.25, 0.3) is 0 Å². The highest BCUT2D eigenvalue weighted by Gasteiger charge is 2.38. The quantitative estimate of drug-likeness (QED) is 0.865. The predicted octanol–water partition coefficient (Wildman–Crippen LogP) is 1.78. The lowest BCUT2D eigenvalue weighted by Gasteiger charge is -2.26. The molecule has 0 bridgehead atoms. The second-order valence-corrected chi connectivity index (χ2v) is 5.03. The Kier molecular flexibility index (Phi) is 4.35. The van der Waals surface area contributed by atoms with Gasteiger partial charge in [0.05, 0.1) is 14.2 Å². The SMILES string of the molecule is COc1ccc(C(=O)N(C2CC2)C(C)C(=O)O)cc1OC. The summed E-state index contributed by atoms with van der Waals surface area (Å²) < 4.78 is 10.3. The van der Waals surface area contributed by atoms with Crippen LogP contribution in [0.3, 0.4) is 0 Å². The van der Waals surface area contributed by atoms with Crippen LogP contribution in [0.2, 0.25) is 0 Å². The van der Waals surface area contributed by atoms with Gasteiger partial charge < -0.3 is 19.5 Å². The Balaban J connectivity index is 2.30. The molecule has 1 aliphatic carbocycles. The minimum Gasteiger partial charge on any atom is -0.493 e. The Labute approximate surface area is 123 Å². The highest BCUT2D eigenvalue weighted by Crippen LogP contribution is 2.32. The van der Waals surface area contributed by atoms with E-state index in [0.29, 0.717) is 17.1 Å². The summed E-state index contributed by atoms with van der Waals surface area (Å²) >= 11 is 0. The number of rotatable bonds is 6. The van der Waals surface area contributed by atoms with E-state index in [0.717, 1.165) is 12.8 Å². The molecule has 21 heavy (non-hydrogen) atoms. The van der Waals surface area contributed by atoms with Crippen LogP contribution in [0.1, 0.15) is 30.1 Å². The molecule has 1 amide bonds. The van der Waals surface area contributed by atoms with Crippen molar-refractivity contribution in [3.63, 3.8) is 0 Å². The molecule has 1 aliphatic rings. The van der Waals surface area contributed by atoms with E-state index in [-0.39, 0.29) is 11.9 Å². The standard InChI is InChI=1S/C15H19NO5/c1-9(15(18)19)16(11-5-6-11)14(17)10-4-7-12(20-2)13(8-10)21-3/h4,7-9,11H,5-6H2,1-3H3,(H,18,19). The van der Waals surface area contributed by atoms with Crippen LogP contribution in [0.5, 0.6) is 11.5 Å². The zero-order chi connectivity index (χ0) is 15.6. The number of carbonyl (C=O) groups is 2. The number of aliphatic carboxylic acids is 1. The van der Waals surface area contributed by atoms with Crippen molar-refractivity contribution in [2.24, 2.45) is 0 Å². The molecule has 6 nitrogen and oxygen atoms in total. The van der Waals surface area contributed by atoms with E-state index in [2.05, 4.69) is 0 Å². The Morgan fingerprint density at radius 2 is 1.86 bits per heavy atom. The molecule has 2 rings (SSSR count). The Bertz CT molecular complexity index is 553. The molecule has 114 valence electrons. The molecule has 0 saturated heterocycles. The van der Waals surface area contributed by atoms with Gasteiger partial charge >= 0.3 is 5.97 Å². The van der Waals surface area contributed by atoms with Gasteiger partial charge in [-0.25, -0.2) is 4.79 Å². The number of amides is 1. The molecule has 6 heteroatoms. The van der Waals surface area contributed by atoms with Crippen molar-refractivity contribution >= 4 is 11.9 Å². The highest BCUT2D eigenvalue weighted by molar-refractivity contribution is 5.97. The molecule has 1 saturated carbocycles. The molecule has 0 radical (unpaired) electrons. The van der Waals surface area contributed by atoms with Crippen LogP contribution in [-0.2, 0) is 4.79 Å². The number of nitrogens with zero attached hydrogens (tertiary/aromatic N) is 1. The summed E-state index contributed by atoms with van der Waals surface area (Å²) in [5.41, 5.74) is 0.396. The molecule has 0 aromatic heterocycles. The van der Waals surface area contributed by atoms with Crippen molar-refractivity contribution in [1.82, 2.24) is 4.90 Å². The van der Waals surface area contributed by atoms with Crippen molar-refractivity contribution in [1.29, 1.82) is 0 Å². The first kappa shape index (κ1) is 15.2. The lowest BCUT2D eigenvalue weighted by molar-refractivity contribution is -0.141. The average Bonchev–Trinajstić information content (AvgIpc) is 3.31. The fourth-order valence-electron chi connectivity index (χ4n) is 2.25. The summed E-state index contributed by atoms with van der Waals surface area (Å²) in [6, 6.07) is 4.00. The highest BCUT2D eigenvalue weighted by atomic mass is 16.5. The van der Waals surface area contributed by atoms with Gasteiger partial charge in [0.1, 0.15) is 6.04 Å². The van der Waals surface area contributed by atoms with Crippen LogP contribution in [-0.4, -0.2) is 48.2 Å².